The summed E-state index contributed by atoms with van der Waals surface area (Å²) >= 11 is 3.92. The number of anilines is 6. The van der Waals surface area contributed by atoms with Crippen molar-refractivity contribution in [1.29, 1.82) is 0 Å². The molecule has 0 spiro atoms. The summed E-state index contributed by atoms with van der Waals surface area (Å²) in [5.41, 5.74) is 14.0. The van der Waals surface area contributed by atoms with Crippen molar-refractivity contribution in [2.24, 2.45) is 0 Å². The van der Waals surface area contributed by atoms with Gasteiger partial charge in [-0.2, -0.15) is 0 Å². The fourth-order valence-electron chi connectivity index (χ4n) is 9.51. The van der Waals surface area contributed by atoms with E-state index in [1.54, 1.807) is 0 Å². The quantitative estimate of drug-likeness (QED) is 0.166. The molecule has 2 aliphatic carbocycles. The molecule has 0 amide bonds. The molecule has 2 unspecified atom stereocenters. The average Bonchev–Trinajstić information content (AvgIpc) is 3.85. The summed E-state index contributed by atoms with van der Waals surface area (Å²) < 4.78 is 2.66. The van der Waals surface area contributed by atoms with Crippen LogP contribution in [0.4, 0.5) is 34.1 Å². The van der Waals surface area contributed by atoms with Crippen LogP contribution in [-0.4, -0.2) is 5.25 Å². The van der Waals surface area contributed by atoms with Crippen LogP contribution >= 0.6 is 23.1 Å². The molecule has 276 valence electrons. The molecule has 2 atom stereocenters. The van der Waals surface area contributed by atoms with Crippen molar-refractivity contribution in [2.45, 2.75) is 28.9 Å². The highest BCUT2D eigenvalue weighted by molar-refractivity contribution is 8.00. The van der Waals surface area contributed by atoms with Crippen molar-refractivity contribution in [3.8, 4) is 0 Å². The minimum absolute atomic E-state index is 0.310. The van der Waals surface area contributed by atoms with Gasteiger partial charge in [-0.15, -0.1) is 23.1 Å². The number of hydrogen-bond acceptors (Lipinski definition) is 4. The number of allylic oxidation sites excluding steroid dienone is 1. The Morgan fingerprint density at radius 1 is 0.500 bits per heavy atom. The Morgan fingerprint density at radius 3 is 2.00 bits per heavy atom. The van der Waals surface area contributed by atoms with E-state index in [1.165, 1.54) is 86.4 Å². The van der Waals surface area contributed by atoms with Crippen molar-refractivity contribution in [2.75, 3.05) is 9.80 Å². The molecule has 0 bridgehead atoms. The summed E-state index contributed by atoms with van der Waals surface area (Å²) in [7, 11) is 0. The van der Waals surface area contributed by atoms with Gasteiger partial charge >= 0.3 is 0 Å². The molecule has 12 rings (SSSR count). The lowest BCUT2D eigenvalue weighted by atomic mass is 9.81. The molecular weight excluding hydrogens is 741 g/mol. The van der Waals surface area contributed by atoms with Crippen molar-refractivity contribution in [3.05, 3.63) is 210 Å². The molecule has 0 saturated heterocycles. The number of hydrogen-bond donors (Lipinski definition) is 0. The van der Waals surface area contributed by atoms with Crippen molar-refractivity contribution >= 4 is 100 Å². The predicted molar refractivity (Wildman–Crippen MR) is 251 cm³/mol. The number of aryl methyl sites for hydroxylation is 1. The van der Waals surface area contributed by atoms with Gasteiger partial charge in [-0.25, -0.2) is 0 Å². The van der Waals surface area contributed by atoms with Gasteiger partial charge in [0, 0.05) is 70.4 Å². The Bertz CT molecular complexity index is 3120. The SMILES string of the molecule is C1=Cc2cc(N(c3ccccc3)c3ccc4c(c3)sc3ccc5c(c34)C=CC3Sc4cc(N(c6ccccc6)c6ccc7ccccc7c6)ccc4C53)ccc2CC1. The van der Waals surface area contributed by atoms with E-state index in [1.807, 2.05) is 23.1 Å². The second kappa shape index (κ2) is 13.7. The highest BCUT2D eigenvalue weighted by Crippen LogP contribution is 2.55. The first kappa shape index (κ1) is 33.8. The van der Waals surface area contributed by atoms with Gasteiger partial charge in [-0.1, -0.05) is 115 Å². The first-order valence-corrected chi connectivity index (χ1v) is 21.9. The minimum atomic E-state index is 0.310. The fraction of sp³-hybridized carbons (Fsp3) is 0.0741. The third-order valence-corrected chi connectivity index (χ3v) is 14.6. The maximum Gasteiger partial charge on any atom is 0.0476 e. The average molecular weight is 779 g/mol. The Balaban J connectivity index is 0.932. The zero-order valence-electron chi connectivity index (χ0n) is 31.8. The number of thiophene rings is 1. The van der Waals surface area contributed by atoms with Gasteiger partial charge in [0.05, 0.1) is 0 Å². The molecule has 1 aromatic heterocycles. The number of fused-ring (bicyclic) bond motifs is 11. The zero-order chi connectivity index (χ0) is 38.2. The first-order chi connectivity index (χ1) is 28.7. The highest BCUT2D eigenvalue weighted by atomic mass is 32.2. The van der Waals surface area contributed by atoms with E-state index in [9.17, 15) is 0 Å². The van der Waals surface area contributed by atoms with E-state index in [4.69, 9.17) is 0 Å². The summed E-state index contributed by atoms with van der Waals surface area (Å²) in [4.78, 5) is 6.17. The van der Waals surface area contributed by atoms with Gasteiger partial charge in [-0.3, -0.25) is 0 Å². The molecule has 0 radical (unpaired) electrons. The van der Waals surface area contributed by atoms with Crippen LogP contribution in [0.5, 0.6) is 0 Å². The standard InChI is InChI=1S/C54H38N2S2/c1-3-15-39(16-4-1)55(41-21-19-35-11-7-9-13-37(35)31-41)43-23-25-47-51(33-43)57-49-29-27-46-45(53(47)49)28-30-50-54(46)48-26-24-44(34-52(48)58-50)56(40-17-5-2-6-18-40)42-22-20-36-12-8-10-14-38(36)32-42/h1-7,9-11,13-34,49,53H,8,12H2. The van der Waals surface area contributed by atoms with Gasteiger partial charge in [0.15, 0.2) is 0 Å². The summed E-state index contributed by atoms with van der Waals surface area (Å²) in [6.45, 7) is 0. The van der Waals surface area contributed by atoms with Crippen LogP contribution in [-0.2, 0) is 6.42 Å². The lowest BCUT2D eigenvalue weighted by Crippen LogP contribution is -2.14. The van der Waals surface area contributed by atoms with E-state index >= 15 is 0 Å². The van der Waals surface area contributed by atoms with Crippen LogP contribution in [0.1, 0.15) is 40.2 Å². The number of rotatable bonds is 6. The van der Waals surface area contributed by atoms with Crippen LogP contribution in [0, 0.1) is 0 Å². The smallest absolute Gasteiger partial charge is 0.0476 e. The molecule has 0 N–H and O–H groups in total. The Labute approximate surface area is 347 Å². The Morgan fingerprint density at radius 2 is 1.17 bits per heavy atom. The molecule has 58 heavy (non-hydrogen) atoms. The fourth-order valence-corrected chi connectivity index (χ4v) is 12.1. The summed E-state index contributed by atoms with van der Waals surface area (Å²) in [6, 6.07) is 63.0. The van der Waals surface area contributed by atoms with Gasteiger partial charge in [-0.05, 0) is 130 Å². The maximum atomic E-state index is 2.47. The molecule has 1 aliphatic heterocycles. The van der Waals surface area contributed by atoms with Gasteiger partial charge in [0.1, 0.15) is 0 Å². The lowest BCUT2D eigenvalue weighted by Gasteiger charge is -2.27. The van der Waals surface area contributed by atoms with Crippen LogP contribution in [0.15, 0.2) is 187 Å². The van der Waals surface area contributed by atoms with Gasteiger partial charge in [0.25, 0.3) is 0 Å². The van der Waals surface area contributed by atoms with Crippen LogP contribution in [0.3, 0.4) is 0 Å². The van der Waals surface area contributed by atoms with Crippen LogP contribution in [0.2, 0.25) is 0 Å². The summed E-state index contributed by atoms with van der Waals surface area (Å²) in [6.07, 6.45) is 11.7. The van der Waals surface area contributed by atoms with Gasteiger partial charge < -0.3 is 9.80 Å². The molecule has 2 heterocycles. The van der Waals surface area contributed by atoms with E-state index in [0.717, 1.165) is 24.2 Å². The third kappa shape index (κ3) is 5.54. The minimum Gasteiger partial charge on any atom is -0.310 e. The first-order valence-electron chi connectivity index (χ1n) is 20.2. The second-order valence-corrected chi connectivity index (χ2v) is 17.9. The predicted octanol–water partition coefficient (Wildman–Crippen LogP) is 15.7. The molecule has 0 fully saturated rings. The van der Waals surface area contributed by atoms with E-state index in [0.29, 0.717) is 11.2 Å². The van der Waals surface area contributed by atoms with Crippen LogP contribution in [0.25, 0.3) is 43.1 Å². The topological polar surface area (TPSA) is 6.48 Å². The molecule has 2 nitrogen and oxygen atoms in total. The highest BCUT2D eigenvalue weighted by Gasteiger charge is 2.37. The van der Waals surface area contributed by atoms with Crippen molar-refractivity contribution in [1.82, 2.24) is 0 Å². The number of nitrogens with zero attached hydrogens (tertiary/aromatic N) is 2. The normalized spacial score (nSPS) is 16.3. The molecule has 0 saturated carbocycles. The van der Waals surface area contributed by atoms with E-state index in [2.05, 4.69) is 204 Å². The largest absolute Gasteiger partial charge is 0.310 e. The van der Waals surface area contributed by atoms with Crippen molar-refractivity contribution < 1.29 is 0 Å². The van der Waals surface area contributed by atoms with E-state index < -0.39 is 0 Å². The van der Waals surface area contributed by atoms with Gasteiger partial charge in [0.2, 0.25) is 0 Å². The molecule has 4 heteroatoms. The maximum absolute atomic E-state index is 2.47. The lowest BCUT2D eigenvalue weighted by molar-refractivity contribution is 0.846. The van der Waals surface area contributed by atoms with E-state index in [-0.39, 0.29) is 0 Å². The Kier molecular flexibility index (Phi) is 7.95. The Hall–Kier alpha value is -6.33. The number of benzene rings is 8. The van der Waals surface area contributed by atoms with Crippen molar-refractivity contribution in [3.63, 3.8) is 0 Å². The summed E-state index contributed by atoms with van der Waals surface area (Å²) in [5, 5.41) is 5.57. The number of thioether (sulfide) groups is 1. The summed E-state index contributed by atoms with van der Waals surface area (Å²) in [5.74, 6) is 0.310. The molecule has 3 aliphatic rings. The third-order valence-electron chi connectivity index (χ3n) is 12.2. The molecule has 9 aromatic rings. The zero-order valence-corrected chi connectivity index (χ0v) is 33.4. The second-order valence-electron chi connectivity index (χ2n) is 15.6. The number of para-hydroxylation sites is 2. The van der Waals surface area contributed by atoms with Crippen LogP contribution < -0.4 is 9.80 Å². The monoisotopic (exact) mass is 778 g/mol. The molecule has 8 aromatic carbocycles. The molecular formula is C54H38N2S2.